The van der Waals surface area contributed by atoms with Gasteiger partial charge in [0.15, 0.2) is 0 Å². The van der Waals surface area contributed by atoms with Crippen LogP contribution < -0.4 is 0 Å². The maximum atomic E-state index is 8.64. The van der Waals surface area contributed by atoms with Gasteiger partial charge in [-0.05, 0) is 17.7 Å². The standard InChI is InChI=1S/C9H6ClNO/c10-9-3-1-2-7(4-9)8(5-11)6-12/h1-4,6,12H. The molecule has 0 aliphatic heterocycles. The second kappa shape index (κ2) is 3.80. The van der Waals surface area contributed by atoms with Crippen LogP contribution >= 0.6 is 11.6 Å². The predicted molar refractivity (Wildman–Crippen MR) is 47.7 cm³/mol. The van der Waals surface area contributed by atoms with Crippen molar-refractivity contribution >= 4 is 17.2 Å². The van der Waals surface area contributed by atoms with Crippen molar-refractivity contribution in [2.75, 3.05) is 0 Å². The smallest absolute Gasteiger partial charge is 0.103 e. The number of aliphatic hydroxyl groups is 1. The summed E-state index contributed by atoms with van der Waals surface area (Å²) in [5, 5.41) is 17.7. The number of allylic oxidation sites excluding steroid dienone is 1. The number of benzene rings is 1. The number of rotatable bonds is 1. The molecule has 12 heavy (non-hydrogen) atoms. The number of hydrogen-bond acceptors (Lipinski definition) is 2. The third kappa shape index (κ3) is 1.77. The van der Waals surface area contributed by atoms with Gasteiger partial charge >= 0.3 is 0 Å². The van der Waals surface area contributed by atoms with Crippen LogP contribution in [0.4, 0.5) is 0 Å². The fourth-order valence-corrected chi connectivity index (χ4v) is 1.01. The van der Waals surface area contributed by atoms with Crippen LogP contribution in [-0.4, -0.2) is 5.11 Å². The van der Waals surface area contributed by atoms with E-state index in [1.165, 1.54) is 0 Å². The molecule has 0 unspecified atom stereocenters. The molecule has 3 heteroatoms. The van der Waals surface area contributed by atoms with Crippen LogP contribution in [0.1, 0.15) is 5.56 Å². The van der Waals surface area contributed by atoms with E-state index in [9.17, 15) is 0 Å². The van der Waals surface area contributed by atoms with E-state index in [2.05, 4.69) is 0 Å². The molecule has 2 nitrogen and oxygen atoms in total. The molecule has 0 heterocycles. The highest BCUT2D eigenvalue weighted by Crippen LogP contribution is 2.17. The zero-order valence-corrected chi connectivity index (χ0v) is 6.92. The lowest BCUT2D eigenvalue weighted by atomic mass is 10.1. The van der Waals surface area contributed by atoms with Crippen molar-refractivity contribution < 1.29 is 5.11 Å². The quantitative estimate of drug-likeness (QED) is 0.532. The van der Waals surface area contributed by atoms with Crippen molar-refractivity contribution in [3.8, 4) is 6.07 Å². The highest BCUT2D eigenvalue weighted by Gasteiger charge is 1.99. The Labute approximate surface area is 75.3 Å². The van der Waals surface area contributed by atoms with Crippen molar-refractivity contribution in [2.24, 2.45) is 0 Å². The number of nitrogens with zero attached hydrogens (tertiary/aromatic N) is 1. The van der Waals surface area contributed by atoms with Gasteiger partial charge in [-0.15, -0.1) is 0 Å². The third-order valence-corrected chi connectivity index (χ3v) is 1.62. The topological polar surface area (TPSA) is 44.0 Å². The van der Waals surface area contributed by atoms with Gasteiger partial charge in [-0.25, -0.2) is 0 Å². The van der Waals surface area contributed by atoms with Crippen LogP contribution in [0.15, 0.2) is 30.5 Å². The molecule has 0 atom stereocenters. The summed E-state index contributed by atoms with van der Waals surface area (Å²) in [5.74, 6) is 0. The average Bonchev–Trinajstić information content (AvgIpc) is 2.07. The molecule has 0 fully saturated rings. The Hall–Kier alpha value is -1.46. The van der Waals surface area contributed by atoms with Crippen molar-refractivity contribution in [1.29, 1.82) is 5.26 Å². The van der Waals surface area contributed by atoms with Gasteiger partial charge in [0, 0.05) is 5.02 Å². The lowest BCUT2D eigenvalue weighted by molar-refractivity contribution is 0.476. The summed E-state index contributed by atoms with van der Waals surface area (Å²) in [6, 6.07) is 8.60. The Morgan fingerprint density at radius 1 is 1.58 bits per heavy atom. The van der Waals surface area contributed by atoms with Crippen molar-refractivity contribution in [3.63, 3.8) is 0 Å². The maximum absolute atomic E-state index is 8.64. The summed E-state index contributed by atoms with van der Waals surface area (Å²) in [5.41, 5.74) is 0.824. The molecule has 1 aromatic rings. The van der Waals surface area contributed by atoms with Gasteiger partial charge in [-0.2, -0.15) is 5.26 Å². The Balaban J connectivity index is 3.13. The number of nitriles is 1. The normalized spacial score (nSPS) is 10.8. The van der Waals surface area contributed by atoms with Gasteiger partial charge < -0.3 is 5.11 Å². The van der Waals surface area contributed by atoms with Crippen LogP contribution in [-0.2, 0) is 0 Å². The summed E-state index contributed by atoms with van der Waals surface area (Å²) in [6.45, 7) is 0. The fourth-order valence-electron chi connectivity index (χ4n) is 0.824. The second-order valence-electron chi connectivity index (χ2n) is 2.16. The molecule has 0 aliphatic carbocycles. The Bertz CT molecular complexity index is 352. The monoisotopic (exact) mass is 179 g/mol. The third-order valence-electron chi connectivity index (χ3n) is 1.39. The van der Waals surface area contributed by atoms with Crippen molar-refractivity contribution in [3.05, 3.63) is 41.1 Å². The summed E-state index contributed by atoms with van der Waals surface area (Å²) in [6.07, 6.45) is 0.770. The van der Waals surface area contributed by atoms with Gasteiger partial charge in [0.1, 0.15) is 6.07 Å². The van der Waals surface area contributed by atoms with Crippen LogP contribution in [0.2, 0.25) is 5.02 Å². The predicted octanol–water partition coefficient (Wildman–Crippen LogP) is 2.76. The molecule has 0 bridgehead atoms. The molecule has 1 rings (SSSR count). The number of hydrogen-bond donors (Lipinski definition) is 1. The van der Waals surface area contributed by atoms with E-state index in [4.69, 9.17) is 22.0 Å². The Kier molecular flexibility index (Phi) is 2.73. The SMILES string of the molecule is N#CC(=CO)c1cccc(Cl)c1. The molecular weight excluding hydrogens is 174 g/mol. The molecular formula is C9H6ClNO. The minimum atomic E-state index is 0.206. The van der Waals surface area contributed by atoms with Crippen LogP contribution in [0, 0.1) is 11.3 Å². The highest BCUT2D eigenvalue weighted by molar-refractivity contribution is 6.30. The van der Waals surface area contributed by atoms with Crippen LogP contribution in [0.5, 0.6) is 0 Å². The molecule has 0 saturated heterocycles. The number of aliphatic hydroxyl groups excluding tert-OH is 1. The summed E-state index contributed by atoms with van der Waals surface area (Å²) in [4.78, 5) is 0. The van der Waals surface area contributed by atoms with Gasteiger partial charge in [0.05, 0.1) is 11.8 Å². The first-order valence-electron chi connectivity index (χ1n) is 3.28. The highest BCUT2D eigenvalue weighted by atomic mass is 35.5. The second-order valence-corrected chi connectivity index (χ2v) is 2.60. The molecule has 0 saturated carbocycles. The minimum Gasteiger partial charge on any atom is -0.514 e. The van der Waals surface area contributed by atoms with E-state index >= 15 is 0 Å². The maximum Gasteiger partial charge on any atom is 0.103 e. The first-order valence-corrected chi connectivity index (χ1v) is 3.66. The number of halogens is 1. The van der Waals surface area contributed by atoms with Crippen LogP contribution in [0.3, 0.4) is 0 Å². The van der Waals surface area contributed by atoms with E-state index in [1.807, 2.05) is 6.07 Å². The molecule has 1 N–H and O–H groups in total. The molecule has 60 valence electrons. The molecule has 1 aromatic carbocycles. The fraction of sp³-hybridized carbons (Fsp3) is 0. The summed E-state index contributed by atoms with van der Waals surface area (Å²) < 4.78 is 0. The average molecular weight is 180 g/mol. The van der Waals surface area contributed by atoms with Gasteiger partial charge in [0.25, 0.3) is 0 Å². The zero-order chi connectivity index (χ0) is 8.97. The largest absolute Gasteiger partial charge is 0.514 e. The van der Waals surface area contributed by atoms with Gasteiger partial charge in [-0.3, -0.25) is 0 Å². The minimum absolute atomic E-state index is 0.206. The van der Waals surface area contributed by atoms with E-state index < -0.39 is 0 Å². The lowest BCUT2D eigenvalue weighted by Gasteiger charge is -1.96. The van der Waals surface area contributed by atoms with Gasteiger partial charge in [0.2, 0.25) is 0 Å². The molecule has 0 spiro atoms. The Morgan fingerprint density at radius 3 is 2.83 bits per heavy atom. The molecule has 0 aromatic heterocycles. The van der Waals surface area contributed by atoms with E-state index in [1.54, 1.807) is 24.3 Å². The summed E-state index contributed by atoms with van der Waals surface area (Å²) in [7, 11) is 0. The first kappa shape index (κ1) is 8.63. The first-order chi connectivity index (χ1) is 5.77. The summed E-state index contributed by atoms with van der Waals surface area (Å²) >= 11 is 5.68. The zero-order valence-electron chi connectivity index (χ0n) is 6.16. The molecule has 0 radical (unpaired) electrons. The molecule has 0 aliphatic rings. The van der Waals surface area contributed by atoms with Crippen LogP contribution in [0.25, 0.3) is 5.57 Å². The van der Waals surface area contributed by atoms with Crippen molar-refractivity contribution in [1.82, 2.24) is 0 Å². The molecule has 0 amide bonds. The van der Waals surface area contributed by atoms with E-state index in [-0.39, 0.29) is 5.57 Å². The van der Waals surface area contributed by atoms with E-state index in [0.717, 1.165) is 6.26 Å². The van der Waals surface area contributed by atoms with E-state index in [0.29, 0.717) is 10.6 Å². The lowest BCUT2D eigenvalue weighted by Crippen LogP contribution is -1.80. The Morgan fingerprint density at radius 2 is 2.33 bits per heavy atom. The van der Waals surface area contributed by atoms with Gasteiger partial charge in [-0.1, -0.05) is 23.7 Å². The van der Waals surface area contributed by atoms with Crippen molar-refractivity contribution in [2.45, 2.75) is 0 Å².